The Kier molecular flexibility index (Phi) is 4.79. The standard InChI is InChI=1S/C24H38O4/c1-14-12-23(3)15(11-19(14)25)5-6-16-17-7-8-20(24(4,28)13-21(26)27)22(17,2)10-9-18(16)23/h5,14,16-20,25,28H,6-13H2,1-4H3,(H,26,27)/t14-,16+,17+,18+,19-,20+,22+,23+,24+/m1/s1. The average molecular weight is 391 g/mol. The Morgan fingerprint density at radius 3 is 2.64 bits per heavy atom. The summed E-state index contributed by atoms with van der Waals surface area (Å²) in [5.74, 6) is 1.35. The second-order valence-electron chi connectivity index (χ2n) is 11.3. The Hall–Kier alpha value is -0.870. The lowest BCUT2D eigenvalue weighted by molar-refractivity contribution is -0.149. The third-order valence-corrected chi connectivity index (χ3v) is 9.72. The SMILES string of the molecule is C[C@@H]1C[C@@]2(C)C(=CC[C@H]3[C@@H]4CC[C@H]([C@@](C)(O)CC(=O)O)[C@@]4(C)CC[C@@H]32)C[C@H]1O. The van der Waals surface area contributed by atoms with Gasteiger partial charge in [-0.25, -0.2) is 0 Å². The van der Waals surface area contributed by atoms with Gasteiger partial charge in [-0.2, -0.15) is 0 Å². The molecule has 0 bridgehead atoms. The molecule has 4 aliphatic carbocycles. The number of carboxylic acid groups (broad SMARTS) is 1. The molecule has 0 unspecified atom stereocenters. The van der Waals surface area contributed by atoms with Gasteiger partial charge < -0.3 is 15.3 Å². The molecule has 28 heavy (non-hydrogen) atoms. The molecule has 4 rings (SSSR count). The van der Waals surface area contributed by atoms with E-state index in [0.29, 0.717) is 23.7 Å². The van der Waals surface area contributed by atoms with Gasteiger partial charge in [0.05, 0.1) is 18.1 Å². The van der Waals surface area contributed by atoms with Gasteiger partial charge in [0, 0.05) is 0 Å². The Labute approximate surface area is 169 Å². The minimum Gasteiger partial charge on any atom is -0.481 e. The van der Waals surface area contributed by atoms with Crippen LogP contribution in [0.25, 0.3) is 0 Å². The van der Waals surface area contributed by atoms with Crippen LogP contribution >= 0.6 is 0 Å². The number of allylic oxidation sites excluding steroid dienone is 1. The highest BCUT2D eigenvalue weighted by Crippen LogP contribution is 2.67. The zero-order chi connectivity index (χ0) is 20.5. The van der Waals surface area contributed by atoms with E-state index in [1.54, 1.807) is 6.92 Å². The topological polar surface area (TPSA) is 77.8 Å². The van der Waals surface area contributed by atoms with Crippen molar-refractivity contribution in [3.05, 3.63) is 11.6 Å². The highest BCUT2D eigenvalue weighted by atomic mass is 16.4. The number of aliphatic carboxylic acids is 1. The highest BCUT2D eigenvalue weighted by molar-refractivity contribution is 5.68. The lowest BCUT2D eigenvalue weighted by Crippen LogP contribution is -2.54. The van der Waals surface area contributed by atoms with Crippen molar-refractivity contribution in [2.45, 2.75) is 90.8 Å². The van der Waals surface area contributed by atoms with Crippen LogP contribution in [0.3, 0.4) is 0 Å². The summed E-state index contributed by atoms with van der Waals surface area (Å²) in [6.45, 7) is 8.71. The quantitative estimate of drug-likeness (QED) is 0.624. The number of carbonyl (C=O) groups is 1. The van der Waals surface area contributed by atoms with E-state index in [0.717, 1.165) is 44.9 Å². The number of hydrogen-bond acceptors (Lipinski definition) is 3. The summed E-state index contributed by atoms with van der Waals surface area (Å²) in [6.07, 6.45) is 9.35. The molecule has 0 saturated heterocycles. The first kappa shape index (κ1) is 20.4. The van der Waals surface area contributed by atoms with Crippen LogP contribution < -0.4 is 0 Å². The number of aliphatic hydroxyl groups is 2. The van der Waals surface area contributed by atoms with Crippen LogP contribution in [0, 0.1) is 40.4 Å². The van der Waals surface area contributed by atoms with Crippen LogP contribution in [0.1, 0.15) is 79.1 Å². The van der Waals surface area contributed by atoms with E-state index >= 15 is 0 Å². The Bertz CT molecular complexity index is 682. The Morgan fingerprint density at radius 1 is 1.25 bits per heavy atom. The zero-order valence-corrected chi connectivity index (χ0v) is 17.9. The Balaban J connectivity index is 1.62. The maximum absolute atomic E-state index is 11.3. The van der Waals surface area contributed by atoms with Gasteiger partial charge in [0.2, 0.25) is 0 Å². The molecule has 3 N–H and O–H groups in total. The summed E-state index contributed by atoms with van der Waals surface area (Å²) >= 11 is 0. The van der Waals surface area contributed by atoms with Crippen molar-refractivity contribution in [3.8, 4) is 0 Å². The van der Waals surface area contributed by atoms with Crippen molar-refractivity contribution in [1.29, 1.82) is 0 Å². The smallest absolute Gasteiger partial charge is 0.306 e. The number of carboxylic acids is 1. The fourth-order valence-corrected chi connectivity index (χ4v) is 8.44. The summed E-state index contributed by atoms with van der Waals surface area (Å²) in [7, 11) is 0. The molecule has 0 amide bonds. The minimum atomic E-state index is -1.13. The van der Waals surface area contributed by atoms with Crippen LogP contribution in [-0.2, 0) is 4.79 Å². The molecule has 9 atom stereocenters. The number of rotatable bonds is 3. The second-order valence-corrected chi connectivity index (χ2v) is 11.3. The summed E-state index contributed by atoms with van der Waals surface area (Å²) in [4.78, 5) is 11.3. The van der Waals surface area contributed by atoms with E-state index in [2.05, 4.69) is 26.8 Å². The third kappa shape index (κ3) is 2.89. The van der Waals surface area contributed by atoms with Crippen molar-refractivity contribution < 1.29 is 20.1 Å². The molecule has 0 spiro atoms. The minimum absolute atomic E-state index is 0.0294. The molecule has 3 fully saturated rings. The van der Waals surface area contributed by atoms with Gasteiger partial charge in [-0.15, -0.1) is 0 Å². The van der Waals surface area contributed by atoms with Gasteiger partial charge in [-0.1, -0.05) is 32.4 Å². The van der Waals surface area contributed by atoms with E-state index in [-0.39, 0.29) is 29.3 Å². The van der Waals surface area contributed by atoms with Gasteiger partial charge in [-0.05, 0) is 92.3 Å². The second kappa shape index (κ2) is 6.57. The predicted molar refractivity (Wildman–Crippen MR) is 109 cm³/mol. The molecule has 4 nitrogen and oxygen atoms in total. The number of aliphatic hydroxyl groups excluding tert-OH is 1. The van der Waals surface area contributed by atoms with Crippen LogP contribution in [0.2, 0.25) is 0 Å². The van der Waals surface area contributed by atoms with Crippen molar-refractivity contribution >= 4 is 5.97 Å². The first-order valence-corrected chi connectivity index (χ1v) is 11.3. The normalized spacial score (nSPS) is 50.0. The number of hydrogen-bond donors (Lipinski definition) is 3. The fourth-order valence-electron chi connectivity index (χ4n) is 8.44. The van der Waals surface area contributed by atoms with Crippen molar-refractivity contribution in [3.63, 3.8) is 0 Å². The Morgan fingerprint density at radius 2 is 1.96 bits per heavy atom. The molecule has 0 aliphatic heterocycles. The molecule has 4 heteroatoms. The van der Waals surface area contributed by atoms with Gasteiger partial charge in [0.25, 0.3) is 0 Å². The average Bonchev–Trinajstić information content (AvgIpc) is 2.93. The molecule has 0 radical (unpaired) electrons. The molecule has 0 aromatic heterocycles. The van der Waals surface area contributed by atoms with Gasteiger partial charge in [0.1, 0.15) is 0 Å². The van der Waals surface area contributed by atoms with Crippen LogP contribution in [0.5, 0.6) is 0 Å². The van der Waals surface area contributed by atoms with E-state index in [4.69, 9.17) is 0 Å². The van der Waals surface area contributed by atoms with Gasteiger partial charge in [0.15, 0.2) is 0 Å². The monoisotopic (exact) mass is 390 g/mol. The van der Waals surface area contributed by atoms with Crippen LogP contribution in [0.15, 0.2) is 11.6 Å². The van der Waals surface area contributed by atoms with Crippen molar-refractivity contribution in [2.75, 3.05) is 0 Å². The predicted octanol–water partition coefficient (Wildman–Crippen LogP) is 4.40. The lowest BCUT2D eigenvalue weighted by atomic mass is 9.46. The van der Waals surface area contributed by atoms with Crippen molar-refractivity contribution in [2.24, 2.45) is 40.4 Å². The largest absolute Gasteiger partial charge is 0.481 e. The number of fused-ring (bicyclic) bond motifs is 5. The van der Waals surface area contributed by atoms with Gasteiger partial charge >= 0.3 is 5.97 Å². The molecular formula is C24H38O4. The maximum atomic E-state index is 11.3. The summed E-state index contributed by atoms with van der Waals surface area (Å²) < 4.78 is 0. The first-order chi connectivity index (χ1) is 13.0. The maximum Gasteiger partial charge on any atom is 0.306 e. The van der Waals surface area contributed by atoms with E-state index in [1.165, 1.54) is 5.57 Å². The molecule has 0 aromatic rings. The van der Waals surface area contributed by atoms with E-state index in [9.17, 15) is 20.1 Å². The fraction of sp³-hybridized carbons (Fsp3) is 0.875. The zero-order valence-electron chi connectivity index (χ0n) is 17.9. The van der Waals surface area contributed by atoms with Crippen LogP contribution in [0.4, 0.5) is 0 Å². The summed E-state index contributed by atoms with van der Waals surface area (Å²) in [5, 5.41) is 30.8. The highest BCUT2D eigenvalue weighted by Gasteiger charge is 2.61. The van der Waals surface area contributed by atoms with E-state index < -0.39 is 11.6 Å². The van der Waals surface area contributed by atoms with E-state index in [1.807, 2.05) is 0 Å². The van der Waals surface area contributed by atoms with Gasteiger partial charge in [-0.3, -0.25) is 4.79 Å². The molecule has 3 saturated carbocycles. The molecule has 158 valence electrons. The first-order valence-electron chi connectivity index (χ1n) is 11.3. The van der Waals surface area contributed by atoms with Crippen molar-refractivity contribution in [1.82, 2.24) is 0 Å². The molecule has 0 aromatic carbocycles. The molecule has 4 aliphatic rings. The van der Waals surface area contributed by atoms with Crippen LogP contribution in [-0.4, -0.2) is 33.0 Å². The lowest BCUT2D eigenvalue weighted by Gasteiger charge is -2.59. The molecular weight excluding hydrogens is 352 g/mol. The molecule has 0 heterocycles. The summed E-state index contributed by atoms with van der Waals surface area (Å²) in [6, 6.07) is 0. The summed E-state index contributed by atoms with van der Waals surface area (Å²) in [5.41, 5.74) is 0.576. The third-order valence-electron chi connectivity index (χ3n) is 9.72.